The van der Waals surface area contributed by atoms with Crippen molar-refractivity contribution in [3.05, 3.63) is 58.6 Å². The number of halogens is 1. The summed E-state index contributed by atoms with van der Waals surface area (Å²) in [4.78, 5) is 12.2. The maximum atomic E-state index is 12.2. The van der Waals surface area contributed by atoms with Crippen molar-refractivity contribution in [2.45, 2.75) is 13.8 Å². The van der Waals surface area contributed by atoms with Crippen LogP contribution in [0.4, 0.5) is 5.69 Å². The molecule has 2 rings (SSSR count). The SMILES string of the molecule is CC(C)COc1cccc(NC(=S)NC(=O)c2cccc(Br)c2)c1. The summed E-state index contributed by atoms with van der Waals surface area (Å²) in [6, 6.07) is 14.6. The molecule has 0 unspecified atom stereocenters. The topological polar surface area (TPSA) is 50.4 Å². The van der Waals surface area contributed by atoms with Crippen LogP contribution in [0.2, 0.25) is 0 Å². The molecule has 6 heteroatoms. The lowest BCUT2D eigenvalue weighted by molar-refractivity contribution is 0.0977. The van der Waals surface area contributed by atoms with Crippen molar-refractivity contribution in [2.24, 2.45) is 5.92 Å². The van der Waals surface area contributed by atoms with Gasteiger partial charge in [0.1, 0.15) is 5.75 Å². The van der Waals surface area contributed by atoms with E-state index in [0.29, 0.717) is 18.1 Å². The van der Waals surface area contributed by atoms with Crippen molar-refractivity contribution in [2.75, 3.05) is 11.9 Å². The molecular formula is C18H19BrN2O2S. The number of amides is 1. The summed E-state index contributed by atoms with van der Waals surface area (Å²) in [5.74, 6) is 0.947. The second-order valence-electron chi connectivity index (χ2n) is 5.65. The molecule has 0 aromatic heterocycles. The quantitative estimate of drug-likeness (QED) is 0.711. The van der Waals surface area contributed by atoms with Gasteiger partial charge in [0.05, 0.1) is 6.61 Å². The van der Waals surface area contributed by atoms with Crippen molar-refractivity contribution in [3.63, 3.8) is 0 Å². The van der Waals surface area contributed by atoms with Crippen LogP contribution in [0.3, 0.4) is 0 Å². The molecule has 0 aliphatic heterocycles. The predicted molar refractivity (Wildman–Crippen MR) is 105 cm³/mol. The average molecular weight is 407 g/mol. The summed E-state index contributed by atoms with van der Waals surface area (Å²) in [5.41, 5.74) is 1.29. The molecule has 2 N–H and O–H groups in total. The highest BCUT2D eigenvalue weighted by Gasteiger charge is 2.08. The van der Waals surface area contributed by atoms with Gasteiger partial charge in [-0.1, -0.05) is 41.9 Å². The first-order chi connectivity index (χ1) is 11.4. The van der Waals surface area contributed by atoms with Crippen LogP contribution in [0.25, 0.3) is 0 Å². The minimum absolute atomic E-state index is 0.237. The van der Waals surface area contributed by atoms with Gasteiger partial charge in [0, 0.05) is 21.8 Å². The standard InChI is InChI=1S/C18H19BrN2O2S/c1-12(2)11-23-16-8-4-7-15(10-16)20-18(24)21-17(22)13-5-3-6-14(19)9-13/h3-10,12H,11H2,1-2H3,(H2,20,21,22,24). The summed E-state index contributed by atoms with van der Waals surface area (Å²) in [6.45, 7) is 4.83. The van der Waals surface area contributed by atoms with E-state index in [1.807, 2.05) is 30.3 Å². The lowest BCUT2D eigenvalue weighted by Gasteiger charge is -2.12. The van der Waals surface area contributed by atoms with Gasteiger partial charge in [-0.05, 0) is 48.5 Å². The van der Waals surface area contributed by atoms with Crippen LogP contribution < -0.4 is 15.4 Å². The van der Waals surface area contributed by atoms with Gasteiger partial charge in [-0.15, -0.1) is 0 Å². The Morgan fingerprint density at radius 3 is 2.67 bits per heavy atom. The van der Waals surface area contributed by atoms with Crippen LogP contribution in [0.5, 0.6) is 5.75 Å². The monoisotopic (exact) mass is 406 g/mol. The third kappa shape index (κ3) is 5.94. The number of nitrogens with one attached hydrogen (secondary N) is 2. The van der Waals surface area contributed by atoms with E-state index in [1.54, 1.807) is 18.2 Å². The Kier molecular flexibility index (Phi) is 6.75. The van der Waals surface area contributed by atoms with Crippen LogP contribution in [-0.4, -0.2) is 17.6 Å². The van der Waals surface area contributed by atoms with Crippen molar-refractivity contribution in [1.29, 1.82) is 0 Å². The molecule has 0 heterocycles. The molecule has 126 valence electrons. The Balaban J connectivity index is 1.94. The molecule has 0 bridgehead atoms. The van der Waals surface area contributed by atoms with Crippen molar-refractivity contribution in [1.82, 2.24) is 5.32 Å². The van der Waals surface area contributed by atoms with Gasteiger partial charge in [-0.2, -0.15) is 0 Å². The number of carbonyl (C=O) groups is 1. The lowest BCUT2D eigenvalue weighted by Crippen LogP contribution is -2.34. The highest BCUT2D eigenvalue weighted by molar-refractivity contribution is 9.10. The van der Waals surface area contributed by atoms with Gasteiger partial charge >= 0.3 is 0 Å². The first-order valence-electron chi connectivity index (χ1n) is 7.55. The molecule has 0 saturated carbocycles. The normalized spacial score (nSPS) is 10.3. The van der Waals surface area contributed by atoms with Crippen LogP contribution in [-0.2, 0) is 0 Å². The van der Waals surface area contributed by atoms with Crippen LogP contribution in [0.15, 0.2) is 53.0 Å². The maximum absolute atomic E-state index is 12.2. The van der Waals surface area contributed by atoms with Crippen LogP contribution in [0, 0.1) is 5.92 Å². The third-order valence-corrected chi connectivity index (χ3v) is 3.69. The van der Waals surface area contributed by atoms with Crippen molar-refractivity contribution in [3.8, 4) is 5.75 Å². The Morgan fingerprint density at radius 1 is 1.21 bits per heavy atom. The van der Waals surface area contributed by atoms with E-state index in [2.05, 4.69) is 40.4 Å². The van der Waals surface area contributed by atoms with Gasteiger partial charge in [0.25, 0.3) is 5.91 Å². The summed E-state index contributed by atoms with van der Waals surface area (Å²) >= 11 is 8.54. The Morgan fingerprint density at radius 2 is 1.96 bits per heavy atom. The predicted octanol–water partition coefficient (Wildman–Crippen LogP) is 4.61. The smallest absolute Gasteiger partial charge is 0.257 e. The summed E-state index contributed by atoms with van der Waals surface area (Å²) in [6.07, 6.45) is 0. The molecule has 2 aromatic rings. The maximum Gasteiger partial charge on any atom is 0.257 e. The van der Waals surface area contributed by atoms with Gasteiger partial charge in [0.2, 0.25) is 0 Å². The largest absolute Gasteiger partial charge is 0.493 e. The molecule has 2 aromatic carbocycles. The van der Waals surface area contributed by atoms with Gasteiger partial charge in [0.15, 0.2) is 5.11 Å². The van der Waals surface area contributed by atoms with Gasteiger partial charge < -0.3 is 10.1 Å². The van der Waals surface area contributed by atoms with E-state index in [0.717, 1.165) is 15.9 Å². The van der Waals surface area contributed by atoms with Crippen LogP contribution >= 0.6 is 28.1 Å². The second kappa shape index (κ2) is 8.80. The summed E-state index contributed by atoms with van der Waals surface area (Å²) in [5, 5.41) is 5.89. The van der Waals surface area contributed by atoms with E-state index in [4.69, 9.17) is 17.0 Å². The Labute approximate surface area is 155 Å². The first kappa shape index (κ1) is 18.4. The fraction of sp³-hybridized carbons (Fsp3) is 0.222. The molecule has 0 spiro atoms. The highest BCUT2D eigenvalue weighted by Crippen LogP contribution is 2.18. The number of ether oxygens (including phenoxy) is 1. The van der Waals surface area contributed by atoms with E-state index in [9.17, 15) is 4.79 Å². The zero-order chi connectivity index (χ0) is 17.5. The van der Waals surface area contributed by atoms with E-state index in [1.165, 1.54) is 0 Å². The zero-order valence-corrected chi connectivity index (χ0v) is 15.9. The fourth-order valence-electron chi connectivity index (χ4n) is 1.89. The average Bonchev–Trinajstić information content (AvgIpc) is 2.53. The molecule has 0 saturated heterocycles. The Bertz CT molecular complexity index is 734. The minimum Gasteiger partial charge on any atom is -0.493 e. The van der Waals surface area contributed by atoms with E-state index < -0.39 is 0 Å². The number of rotatable bonds is 5. The molecule has 0 aliphatic rings. The number of hydrogen-bond donors (Lipinski definition) is 2. The highest BCUT2D eigenvalue weighted by atomic mass is 79.9. The number of anilines is 1. The fourth-order valence-corrected chi connectivity index (χ4v) is 2.50. The van der Waals surface area contributed by atoms with Gasteiger partial charge in [-0.25, -0.2) is 0 Å². The van der Waals surface area contributed by atoms with E-state index in [-0.39, 0.29) is 11.0 Å². The second-order valence-corrected chi connectivity index (χ2v) is 6.98. The molecule has 1 amide bonds. The number of benzene rings is 2. The molecule has 4 nitrogen and oxygen atoms in total. The number of carbonyl (C=O) groups excluding carboxylic acids is 1. The van der Waals surface area contributed by atoms with E-state index >= 15 is 0 Å². The lowest BCUT2D eigenvalue weighted by atomic mass is 10.2. The van der Waals surface area contributed by atoms with Crippen LogP contribution in [0.1, 0.15) is 24.2 Å². The number of hydrogen-bond acceptors (Lipinski definition) is 3. The molecule has 0 aliphatic carbocycles. The molecule has 24 heavy (non-hydrogen) atoms. The third-order valence-electron chi connectivity index (χ3n) is 2.99. The molecule has 0 radical (unpaired) electrons. The molecule has 0 atom stereocenters. The minimum atomic E-state index is -0.263. The van der Waals surface area contributed by atoms with Crippen molar-refractivity contribution < 1.29 is 9.53 Å². The summed E-state index contributed by atoms with van der Waals surface area (Å²) < 4.78 is 6.51. The zero-order valence-electron chi connectivity index (χ0n) is 13.5. The molecule has 0 fully saturated rings. The molecular weight excluding hydrogens is 388 g/mol. The first-order valence-corrected chi connectivity index (χ1v) is 8.75. The van der Waals surface area contributed by atoms with Gasteiger partial charge in [-0.3, -0.25) is 10.1 Å². The van der Waals surface area contributed by atoms with Crippen molar-refractivity contribution >= 4 is 44.9 Å². The Hall–Kier alpha value is -1.92. The summed E-state index contributed by atoms with van der Waals surface area (Å²) in [7, 11) is 0. The number of thiocarbonyl (C=S) groups is 1.